The highest BCUT2D eigenvalue weighted by molar-refractivity contribution is 6.05. The first-order chi connectivity index (χ1) is 18.7. The van der Waals surface area contributed by atoms with E-state index in [0.29, 0.717) is 17.1 Å². The summed E-state index contributed by atoms with van der Waals surface area (Å²) in [5.41, 5.74) is 0.897. The van der Waals surface area contributed by atoms with Gasteiger partial charge < -0.3 is 14.5 Å². The van der Waals surface area contributed by atoms with Crippen LogP contribution in [-0.4, -0.2) is 74.8 Å². The van der Waals surface area contributed by atoms with Crippen molar-refractivity contribution in [2.24, 2.45) is 0 Å². The first-order valence-electron chi connectivity index (χ1n) is 12.3. The Hall–Kier alpha value is -4.93. The highest BCUT2D eigenvalue weighted by Crippen LogP contribution is 2.23. The third-order valence-corrected chi connectivity index (χ3v) is 6.34. The second-order valence-corrected chi connectivity index (χ2v) is 9.02. The molecule has 1 aromatic heterocycles. The Kier molecular flexibility index (Phi) is 8.09. The molecule has 3 aromatic rings. The summed E-state index contributed by atoms with van der Waals surface area (Å²) >= 11 is 0. The summed E-state index contributed by atoms with van der Waals surface area (Å²) in [4.78, 5) is 62.4. The largest absolute Gasteiger partial charge is 0.458 e. The van der Waals surface area contributed by atoms with E-state index in [1.54, 1.807) is 30.9 Å². The number of nitro groups is 1. The number of ether oxygens (including phenoxy) is 1. The van der Waals surface area contributed by atoms with Crippen LogP contribution in [-0.2, 0) is 4.74 Å². The Morgan fingerprint density at radius 2 is 1.85 bits per heavy atom. The van der Waals surface area contributed by atoms with Crippen molar-refractivity contribution >= 4 is 23.5 Å². The van der Waals surface area contributed by atoms with E-state index >= 15 is 0 Å². The van der Waals surface area contributed by atoms with Crippen LogP contribution >= 0.6 is 0 Å². The van der Waals surface area contributed by atoms with Gasteiger partial charge >= 0.3 is 5.97 Å². The van der Waals surface area contributed by atoms with Gasteiger partial charge in [-0.25, -0.2) is 14.8 Å². The monoisotopic (exact) mass is 529 g/mol. The van der Waals surface area contributed by atoms with Crippen molar-refractivity contribution in [3.8, 4) is 11.4 Å². The minimum absolute atomic E-state index is 0.0238. The molecule has 0 aliphatic carbocycles. The van der Waals surface area contributed by atoms with E-state index in [4.69, 9.17) is 4.74 Å². The molecule has 0 radical (unpaired) electrons. The number of aromatic nitrogens is 2. The molecular formula is C28H27N5O6. The van der Waals surface area contributed by atoms with E-state index in [1.807, 2.05) is 18.2 Å². The van der Waals surface area contributed by atoms with E-state index in [2.05, 4.69) is 16.5 Å². The molecule has 39 heavy (non-hydrogen) atoms. The third kappa shape index (κ3) is 5.82. The molecule has 2 heterocycles. The molecular weight excluding hydrogens is 502 g/mol. The fraction of sp³-hybridized carbons (Fsp3) is 0.250. The van der Waals surface area contributed by atoms with Gasteiger partial charge in [-0.3, -0.25) is 19.7 Å². The molecule has 1 fully saturated rings. The number of benzene rings is 2. The maximum Gasteiger partial charge on any atom is 0.342 e. The molecule has 11 heteroatoms. The summed E-state index contributed by atoms with van der Waals surface area (Å²) in [6, 6.07) is 14.2. The minimum atomic E-state index is -0.733. The molecule has 4 rings (SSSR count). The van der Waals surface area contributed by atoms with Gasteiger partial charge in [0, 0.05) is 48.9 Å². The lowest BCUT2D eigenvalue weighted by atomic mass is 10.1. The summed E-state index contributed by atoms with van der Waals surface area (Å²) in [5.74, 6) is -1.29. The number of hydrogen-bond acceptors (Lipinski definition) is 8. The van der Waals surface area contributed by atoms with Crippen LogP contribution in [0.2, 0.25) is 0 Å². The number of non-ortho nitro benzene ring substituents is 1. The van der Waals surface area contributed by atoms with Crippen LogP contribution in [0, 0.1) is 17.0 Å². The number of piperazine rings is 1. The van der Waals surface area contributed by atoms with Crippen molar-refractivity contribution in [2.75, 3.05) is 26.2 Å². The normalized spacial score (nSPS) is 15.0. The smallest absolute Gasteiger partial charge is 0.342 e. The number of hydrogen-bond donors (Lipinski definition) is 0. The van der Waals surface area contributed by atoms with Gasteiger partial charge in [-0.1, -0.05) is 49.1 Å². The molecule has 200 valence electrons. The number of nitrogens with zero attached hydrogens (tertiary/aromatic N) is 5. The molecule has 0 saturated carbocycles. The third-order valence-electron chi connectivity index (χ3n) is 6.34. The number of carbonyl (C=O) groups is 3. The van der Waals surface area contributed by atoms with Crippen LogP contribution in [0.4, 0.5) is 5.69 Å². The van der Waals surface area contributed by atoms with E-state index in [0.717, 1.165) is 0 Å². The second-order valence-electron chi connectivity index (χ2n) is 9.02. The topological polar surface area (TPSA) is 136 Å². The zero-order chi connectivity index (χ0) is 28.1. The molecule has 0 bridgehead atoms. The number of esters is 1. The summed E-state index contributed by atoms with van der Waals surface area (Å²) in [7, 11) is 0. The standard InChI is InChI=1S/C28H27N5O6/c1-4-15-39-28(36)23-19(3)29-25(20-9-6-5-7-10-20)30-24(23)27(35)31-13-14-32(18(2)17-31)26(34)21-11-8-12-22(16-21)33(37)38/h4-12,16,18H,1,13-15,17H2,2-3H3. The Morgan fingerprint density at radius 1 is 1.10 bits per heavy atom. The van der Waals surface area contributed by atoms with Gasteiger partial charge in [0.15, 0.2) is 5.82 Å². The SMILES string of the molecule is C=CCOC(=O)c1c(C)nc(-c2ccccc2)nc1C(=O)N1CCN(C(=O)c2cccc([N+](=O)[O-])c2)C(C)C1. The number of rotatable bonds is 7. The van der Waals surface area contributed by atoms with Crippen molar-refractivity contribution in [3.63, 3.8) is 0 Å². The Balaban J connectivity index is 1.62. The summed E-state index contributed by atoms with van der Waals surface area (Å²) in [6.07, 6.45) is 1.42. The van der Waals surface area contributed by atoms with Crippen LogP contribution in [0.3, 0.4) is 0 Å². The predicted octanol–water partition coefficient (Wildman–Crippen LogP) is 3.69. The fourth-order valence-electron chi connectivity index (χ4n) is 4.41. The van der Waals surface area contributed by atoms with Crippen molar-refractivity contribution in [2.45, 2.75) is 19.9 Å². The molecule has 1 unspecified atom stereocenters. The van der Waals surface area contributed by atoms with Gasteiger partial charge in [0.1, 0.15) is 17.9 Å². The van der Waals surface area contributed by atoms with E-state index < -0.39 is 22.8 Å². The molecule has 1 atom stereocenters. The number of carbonyl (C=O) groups excluding carboxylic acids is 3. The molecule has 1 aliphatic heterocycles. The number of amides is 2. The molecule has 2 aromatic carbocycles. The van der Waals surface area contributed by atoms with E-state index in [9.17, 15) is 24.5 Å². The van der Waals surface area contributed by atoms with Crippen molar-refractivity contribution in [1.82, 2.24) is 19.8 Å². The van der Waals surface area contributed by atoms with Gasteiger partial charge in [0.2, 0.25) is 0 Å². The molecule has 1 aliphatic rings. The molecule has 2 amide bonds. The zero-order valence-corrected chi connectivity index (χ0v) is 21.6. The van der Waals surface area contributed by atoms with Crippen LogP contribution in [0.1, 0.15) is 43.8 Å². The van der Waals surface area contributed by atoms with Crippen molar-refractivity contribution < 1.29 is 24.0 Å². The lowest BCUT2D eigenvalue weighted by Crippen LogP contribution is -2.55. The van der Waals surface area contributed by atoms with Gasteiger partial charge in [-0.2, -0.15) is 0 Å². The Morgan fingerprint density at radius 3 is 2.51 bits per heavy atom. The lowest BCUT2D eigenvalue weighted by molar-refractivity contribution is -0.384. The van der Waals surface area contributed by atoms with E-state index in [-0.39, 0.29) is 54.7 Å². The zero-order valence-electron chi connectivity index (χ0n) is 21.6. The van der Waals surface area contributed by atoms with Gasteiger partial charge in [-0.15, -0.1) is 0 Å². The predicted molar refractivity (Wildman–Crippen MR) is 142 cm³/mol. The van der Waals surface area contributed by atoms with Crippen molar-refractivity contribution in [3.05, 3.63) is 99.9 Å². The first kappa shape index (κ1) is 27.1. The average Bonchev–Trinajstić information content (AvgIpc) is 2.95. The molecule has 0 N–H and O–H groups in total. The average molecular weight is 530 g/mol. The maximum atomic E-state index is 13.8. The summed E-state index contributed by atoms with van der Waals surface area (Å²) in [6.45, 7) is 7.46. The molecule has 0 spiro atoms. The van der Waals surface area contributed by atoms with E-state index in [1.165, 1.54) is 35.2 Å². The Labute approximate surface area is 224 Å². The molecule has 1 saturated heterocycles. The summed E-state index contributed by atoms with van der Waals surface area (Å²) < 4.78 is 5.22. The maximum absolute atomic E-state index is 13.8. The van der Waals surface area contributed by atoms with Crippen LogP contribution in [0.5, 0.6) is 0 Å². The number of aryl methyl sites for hydroxylation is 1. The minimum Gasteiger partial charge on any atom is -0.458 e. The van der Waals surface area contributed by atoms with Crippen molar-refractivity contribution in [1.29, 1.82) is 0 Å². The quantitative estimate of drug-likeness (QED) is 0.196. The van der Waals surface area contributed by atoms with Gasteiger partial charge in [0.25, 0.3) is 17.5 Å². The van der Waals surface area contributed by atoms with Crippen LogP contribution in [0.25, 0.3) is 11.4 Å². The molecule has 11 nitrogen and oxygen atoms in total. The first-order valence-corrected chi connectivity index (χ1v) is 12.3. The highest BCUT2D eigenvalue weighted by Gasteiger charge is 2.34. The van der Waals surface area contributed by atoms with Crippen LogP contribution in [0.15, 0.2) is 67.3 Å². The Bertz CT molecular complexity index is 1440. The lowest BCUT2D eigenvalue weighted by Gasteiger charge is -2.40. The van der Waals surface area contributed by atoms with Crippen LogP contribution < -0.4 is 0 Å². The number of nitro benzene ring substituents is 1. The van der Waals surface area contributed by atoms with Gasteiger partial charge in [0.05, 0.1) is 10.6 Å². The van der Waals surface area contributed by atoms with Gasteiger partial charge in [-0.05, 0) is 19.9 Å². The summed E-state index contributed by atoms with van der Waals surface area (Å²) in [5, 5.41) is 11.1. The second kappa shape index (κ2) is 11.6. The fourth-order valence-corrected chi connectivity index (χ4v) is 4.41. The highest BCUT2D eigenvalue weighted by atomic mass is 16.6.